The molecule has 1 heterocycles. The highest BCUT2D eigenvalue weighted by Crippen LogP contribution is 2.33. The lowest BCUT2D eigenvalue weighted by atomic mass is 9.98. The van der Waals surface area contributed by atoms with Gasteiger partial charge >= 0.3 is 5.97 Å². The molecule has 1 saturated heterocycles. The van der Waals surface area contributed by atoms with Gasteiger partial charge in [-0.1, -0.05) is 24.8 Å². The van der Waals surface area contributed by atoms with Gasteiger partial charge in [-0.05, 0) is 30.7 Å². The minimum absolute atomic E-state index is 0.140. The Morgan fingerprint density at radius 3 is 3.00 bits per heavy atom. The summed E-state index contributed by atoms with van der Waals surface area (Å²) in [5.74, 6) is 0.900. The molecule has 0 aliphatic carbocycles. The smallest absolute Gasteiger partial charge is 0.344 e. The van der Waals surface area contributed by atoms with Crippen LogP contribution in [0.2, 0.25) is 0 Å². The molecule has 1 atom stereocenters. The fourth-order valence-electron chi connectivity index (χ4n) is 2.46. The molecule has 19 heavy (non-hydrogen) atoms. The number of nitrogens with zero attached hydrogens (tertiary/aromatic N) is 1. The van der Waals surface area contributed by atoms with Crippen molar-refractivity contribution in [1.29, 1.82) is 0 Å². The molecule has 2 rings (SSSR count). The highest BCUT2D eigenvalue weighted by Gasteiger charge is 2.27. The Balaban J connectivity index is 2.32. The molecule has 0 spiro atoms. The summed E-state index contributed by atoms with van der Waals surface area (Å²) in [5, 5.41) is 0. The normalized spacial score (nSPS) is 17.7. The standard InChI is InChI=1S/C15H15NO3/c1-2-16-9-5-8-14(16)12-6-3-4-7-13(12)15(18)19-11-10-17/h2-4,6-7,11,14H,1,5,8-9H2. The molecule has 4 heteroatoms. The van der Waals surface area contributed by atoms with Crippen LogP contribution in [0.25, 0.3) is 0 Å². The SMILES string of the molecule is C=CN1CCCC1c1ccccc1C(=O)OC=C=O. The summed E-state index contributed by atoms with van der Waals surface area (Å²) in [5.41, 5.74) is 1.39. The van der Waals surface area contributed by atoms with Crippen LogP contribution in [0.3, 0.4) is 0 Å². The van der Waals surface area contributed by atoms with Crippen LogP contribution in [-0.2, 0) is 9.53 Å². The predicted molar refractivity (Wildman–Crippen MR) is 71.0 cm³/mol. The Labute approximate surface area is 112 Å². The molecule has 4 nitrogen and oxygen atoms in total. The molecule has 0 amide bonds. The zero-order valence-corrected chi connectivity index (χ0v) is 10.5. The molecular weight excluding hydrogens is 242 g/mol. The fraction of sp³-hybridized carbons (Fsp3) is 0.267. The van der Waals surface area contributed by atoms with E-state index in [0.29, 0.717) is 5.56 Å². The Morgan fingerprint density at radius 1 is 1.47 bits per heavy atom. The van der Waals surface area contributed by atoms with Crippen LogP contribution in [-0.4, -0.2) is 23.4 Å². The maximum absolute atomic E-state index is 11.9. The van der Waals surface area contributed by atoms with E-state index in [1.807, 2.05) is 12.1 Å². The Kier molecular flexibility index (Phi) is 4.16. The van der Waals surface area contributed by atoms with Gasteiger partial charge in [-0.2, -0.15) is 0 Å². The third-order valence-electron chi connectivity index (χ3n) is 3.28. The van der Waals surface area contributed by atoms with Crippen molar-refractivity contribution in [2.75, 3.05) is 6.54 Å². The van der Waals surface area contributed by atoms with Gasteiger partial charge in [-0.25, -0.2) is 9.59 Å². The number of esters is 1. The Morgan fingerprint density at radius 2 is 2.26 bits per heavy atom. The van der Waals surface area contributed by atoms with E-state index in [4.69, 9.17) is 4.74 Å². The van der Waals surface area contributed by atoms with Crippen LogP contribution in [0, 0.1) is 0 Å². The number of rotatable bonds is 4. The summed E-state index contributed by atoms with van der Waals surface area (Å²) in [6.07, 6.45) is 4.57. The molecular formula is C15H15NO3. The summed E-state index contributed by atoms with van der Waals surface area (Å²) in [7, 11) is 0. The van der Waals surface area contributed by atoms with Crippen molar-refractivity contribution in [3.05, 3.63) is 54.4 Å². The number of ether oxygens (including phenoxy) is 1. The van der Waals surface area contributed by atoms with Crippen LogP contribution < -0.4 is 0 Å². The molecule has 1 aromatic rings. The van der Waals surface area contributed by atoms with Crippen molar-refractivity contribution >= 4 is 11.9 Å². The monoisotopic (exact) mass is 257 g/mol. The molecule has 0 aromatic heterocycles. The van der Waals surface area contributed by atoms with Crippen molar-refractivity contribution in [2.45, 2.75) is 18.9 Å². The Bertz CT molecular complexity index is 532. The fourth-order valence-corrected chi connectivity index (χ4v) is 2.46. The molecule has 0 bridgehead atoms. The van der Waals surface area contributed by atoms with Crippen LogP contribution in [0.5, 0.6) is 0 Å². The maximum atomic E-state index is 11.9. The van der Waals surface area contributed by atoms with Gasteiger partial charge in [0.2, 0.25) is 0 Å². The topological polar surface area (TPSA) is 46.6 Å². The maximum Gasteiger partial charge on any atom is 0.344 e. The first-order valence-electron chi connectivity index (χ1n) is 6.15. The van der Waals surface area contributed by atoms with Crippen LogP contribution in [0.1, 0.15) is 34.8 Å². The highest BCUT2D eigenvalue weighted by atomic mass is 16.5. The van der Waals surface area contributed by atoms with Crippen molar-refractivity contribution in [3.63, 3.8) is 0 Å². The van der Waals surface area contributed by atoms with Crippen molar-refractivity contribution < 1.29 is 14.3 Å². The van der Waals surface area contributed by atoms with E-state index in [1.54, 1.807) is 18.3 Å². The first-order chi connectivity index (χ1) is 9.27. The minimum atomic E-state index is -0.533. The average molecular weight is 257 g/mol. The van der Waals surface area contributed by atoms with Crippen molar-refractivity contribution in [1.82, 2.24) is 4.90 Å². The zero-order valence-electron chi connectivity index (χ0n) is 10.5. The number of hydrogen-bond donors (Lipinski definition) is 0. The van der Waals surface area contributed by atoms with E-state index in [1.165, 1.54) is 5.94 Å². The van der Waals surface area contributed by atoms with Crippen molar-refractivity contribution in [3.8, 4) is 0 Å². The quantitative estimate of drug-likeness (QED) is 0.472. The Hall–Kier alpha value is -2.32. The molecule has 1 fully saturated rings. The van der Waals surface area contributed by atoms with Gasteiger partial charge in [-0.15, -0.1) is 0 Å². The summed E-state index contributed by atoms with van der Waals surface area (Å²) in [6.45, 7) is 4.73. The van der Waals surface area contributed by atoms with Gasteiger partial charge < -0.3 is 9.64 Å². The molecule has 0 radical (unpaired) electrons. The average Bonchev–Trinajstić information content (AvgIpc) is 2.93. The summed E-state index contributed by atoms with van der Waals surface area (Å²) in [6, 6.07) is 7.42. The van der Waals surface area contributed by atoms with Crippen LogP contribution in [0.4, 0.5) is 0 Å². The van der Waals surface area contributed by atoms with Gasteiger partial charge in [0.25, 0.3) is 0 Å². The third-order valence-corrected chi connectivity index (χ3v) is 3.28. The molecule has 0 N–H and O–H groups in total. The lowest BCUT2D eigenvalue weighted by Gasteiger charge is -2.24. The van der Waals surface area contributed by atoms with Crippen LogP contribution in [0.15, 0.2) is 43.3 Å². The molecule has 1 aliphatic heterocycles. The second-order valence-corrected chi connectivity index (χ2v) is 4.31. The van der Waals surface area contributed by atoms with Gasteiger partial charge in [0.15, 0.2) is 12.2 Å². The first kappa shape index (κ1) is 13.1. The van der Waals surface area contributed by atoms with E-state index in [0.717, 1.165) is 31.2 Å². The van der Waals surface area contributed by atoms with Crippen LogP contribution >= 0.6 is 0 Å². The number of carbonyl (C=O) groups is 1. The molecule has 1 aliphatic rings. The second kappa shape index (κ2) is 6.03. The molecule has 1 aromatic carbocycles. The van der Waals surface area contributed by atoms with Gasteiger partial charge in [0.1, 0.15) is 0 Å². The van der Waals surface area contributed by atoms with Gasteiger partial charge in [0, 0.05) is 6.54 Å². The largest absolute Gasteiger partial charge is 0.419 e. The first-order valence-corrected chi connectivity index (χ1v) is 6.15. The lowest BCUT2D eigenvalue weighted by molar-refractivity contribution is 0.0662. The summed E-state index contributed by atoms with van der Waals surface area (Å²) >= 11 is 0. The molecule has 1 unspecified atom stereocenters. The minimum Gasteiger partial charge on any atom is -0.419 e. The third kappa shape index (κ3) is 2.75. The lowest BCUT2D eigenvalue weighted by Crippen LogP contribution is -2.19. The van der Waals surface area contributed by atoms with Crippen molar-refractivity contribution in [2.24, 2.45) is 0 Å². The predicted octanol–water partition coefficient (Wildman–Crippen LogP) is 2.47. The number of benzene rings is 1. The van der Waals surface area contributed by atoms with E-state index in [-0.39, 0.29) is 6.04 Å². The summed E-state index contributed by atoms with van der Waals surface area (Å²) < 4.78 is 4.71. The van der Waals surface area contributed by atoms with Gasteiger partial charge in [0.05, 0.1) is 11.6 Å². The van der Waals surface area contributed by atoms with Gasteiger partial charge in [-0.3, -0.25) is 0 Å². The van der Waals surface area contributed by atoms with E-state index < -0.39 is 5.97 Å². The van der Waals surface area contributed by atoms with E-state index >= 15 is 0 Å². The number of carbonyl (C=O) groups excluding carboxylic acids is 2. The zero-order chi connectivity index (χ0) is 13.7. The second-order valence-electron chi connectivity index (χ2n) is 4.31. The highest BCUT2D eigenvalue weighted by molar-refractivity contribution is 5.92. The molecule has 0 saturated carbocycles. The molecule has 98 valence electrons. The number of hydrogen-bond acceptors (Lipinski definition) is 4. The van der Waals surface area contributed by atoms with E-state index in [9.17, 15) is 9.59 Å². The number of likely N-dealkylation sites (tertiary alicyclic amines) is 1. The summed E-state index contributed by atoms with van der Waals surface area (Å²) in [4.78, 5) is 24.1. The van der Waals surface area contributed by atoms with E-state index in [2.05, 4.69) is 11.5 Å².